The van der Waals surface area contributed by atoms with Gasteiger partial charge >= 0.3 is 12.0 Å². The fraction of sp³-hybridized carbons (Fsp3) is 0.300. The van der Waals surface area contributed by atoms with Crippen molar-refractivity contribution in [1.82, 2.24) is 5.32 Å². The summed E-state index contributed by atoms with van der Waals surface area (Å²) in [5.41, 5.74) is 0.541. The lowest BCUT2D eigenvalue weighted by molar-refractivity contribution is -0.328. The van der Waals surface area contributed by atoms with Gasteiger partial charge in [-0.25, -0.2) is 0 Å². The number of halogens is 3. The summed E-state index contributed by atoms with van der Waals surface area (Å²) in [5.74, 6) is -6.28. The molecule has 0 heterocycles. The van der Waals surface area contributed by atoms with Crippen LogP contribution in [0, 0.1) is 0 Å². The van der Waals surface area contributed by atoms with Crippen LogP contribution >= 0.6 is 0 Å². The molecule has 3 N–H and O–H groups in total. The van der Waals surface area contributed by atoms with Crippen molar-refractivity contribution in [3.05, 3.63) is 35.9 Å². The minimum absolute atomic E-state index is 0.224. The zero-order valence-corrected chi connectivity index (χ0v) is 8.53. The van der Waals surface area contributed by atoms with E-state index in [-0.39, 0.29) is 6.54 Å². The second-order valence-electron chi connectivity index (χ2n) is 3.34. The van der Waals surface area contributed by atoms with Crippen LogP contribution in [0.1, 0.15) is 5.56 Å². The van der Waals surface area contributed by atoms with Gasteiger partial charge in [0.2, 0.25) is 0 Å². The molecule has 17 heavy (non-hydrogen) atoms. The van der Waals surface area contributed by atoms with Crippen LogP contribution in [0.3, 0.4) is 0 Å². The summed E-state index contributed by atoms with van der Waals surface area (Å²) in [6.45, 7) is -0.224. The second kappa shape index (κ2) is 4.72. The van der Waals surface area contributed by atoms with Crippen LogP contribution in [-0.4, -0.2) is 28.1 Å². The van der Waals surface area contributed by atoms with Crippen LogP contribution in [0.15, 0.2) is 30.3 Å². The molecule has 1 aromatic carbocycles. The SMILES string of the molecule is O=C(NCc1ccccc1)C(O)(O)C(F)(F)F. The summed E-state index contributed by atoms with van der Waals surface area (Å²) in [5, 5.41) is 19.0. The molecule has 0 aliphatic carbocycles. The van der Waals surface area contributed by atoms with Gasteiger partial charge in [-0.15, -0.1) is 0 Å². The van der Waals surface area contributed by atoms with Gasteiger partial charge in [0.25, 0.3) is 5.91 Å². The van der Waals surface area contributed by atoms with Crippen LogP contribution in [0.25, 0.3) is 0 Å². The van der Waals surface area contributed by atoms with Crippen molar-refractivity contribution < 1.29 is 28.2 Å². The minimum Gasteiger partial charge on any atom is -0.351 e. The number of alkyl halides is 3. The summed E-state index contributed by atoms with van der Waals surface area (Å²) in [4.78, 5) is 11.0. The van der Waals surface area contributed by atoms with Gasteiger partial charge in [-0.3, -0.25) is 4.79 Å². The summed E-state index contributed by atoms with van der Waals surface area (Å²) < 4.78 is 36.1. The Kier molecular flexibility index (Phi) is 3.74. The van der Waals surface area contributed by atoms with E-state index in [4.69, 9.17) is 10.2 Å². The number of carbonyl (C=O) groups excluding carboxylic acids is 1. The Bertz CT molecular complexity index is 390. The van der Waals surface area contributed by atoms with E-state index in [1.807, 2.05) is 0 Å². The Labute approximate surface area is 94.7 Å². The number of nitrogens with one attached hydrogen (secondary N) is 1. The van der Waals surface area contributed by atoms with E-state index in [1.165, 1.54) is 0 Å². The van der Waals surface area contributed by atoms with Gasteiger partial charge in [0.05, 0.1) is 0 Å². The molecule has 0 aromatic heterocycles. The minimum atomic E-state index is -5.44. The van der Waals surface area contributed by atoms with Crippen LogP contribution < -0.4 is 5.32 Å². The number of hydrogen-bond donors (Lipinski definition) is 3. The normalized spacial score (nSPS) is 12.3. The van der Waals surface area contributed by atoms with Crippen molar-refractivity contribution in [1.29, 1.82) is 0 Å². The predicted molar refractivity (Wildman–Crippen MR) is 51.5 cm³/mol. The maximum Gasteiger partial charge on any atom is 0.453 e. The van der Waals surface area contributed by atoms with Crippen molar-refractivity contribution in [3.63, 3.8) is 0 Å². The monoisotopic (exact) mass is 249 g/mol. The lowest BCUT2D eigenvalue weighted by atomic mass is 10.2. The largest absolute Gasteiger partial charge is 0.453 e. The molecule has 0 spiro atoms. The van der Waals surface area contributed by atoms with E-state index in [0.29, 0.717) is 5.56 Å². The van der Waals surface area contributed by atoms with Crippen molar-refractivity contribution in [2.75, 3.05) is 0 Å². The highest BCUT2D eigenvalue weighted by Gasteiger charge is 2.58. The lowest BCUT2D eigenvalue weighted by Crippen LogP contribution is -2.56. The molecule has 4 nitrogen and oxygen atoms in total. The summed E-state index contributed by atoms with van der Waals surface area (Å²) >= 11 is 0. The van der Waals surface area contributed by atoms with E-state index in [2.05, 4.69) is 0 Å². The zero-order chi connectivity index (χ0) is 13.1. The molecule has 0 bridgehead atoms. The number of carbonyl (C=O) groups is 1. The molecule has 0 atom stereocenters. The van der Waals surface area contributed by atoms with Crippen molar-refractivity contribution >= 4 is 5.91 Å². The van der Waals surface area contributed by atoms with E-state index < -0.39 is 17.9 Å². The molecular formula is C10H10F3NO3. The molecule has 0 saturated carbocycles. The van der Waals surface area contributed by atoms with Crippen LogP contribution in [0.2, 0.25) is 0 Å². The van der Waals surface area contributed by atoms with Crippen molar-refractivity contribution in [2.24, 2.45) is 0 Å². The highest BCUT2D eigenvalue weighted by atomic mass is 19.4. The van der Waals surface area contributed by atoms with E-state index in [9.17, 15) is 18.0 Å². The average molecular weight is 249 g/mol. The second-order valence-corrected chi connectivity index (χ2v) is 3.34. The first-order valence-electron chi connectivity index (χ1n) is 4.59. The van der Waals surface area contributed by atoms with Crippen molar-refractivity contribution in [3.8, 4) is 0 Å². The van der Waals surface area contributed by atoms with Gasteiger partial charge < -0.3 is 15.5 Å². The Morgan fingerprint density at radius 1 is 1.18 bits per heavy atom. The summed E-state index contributed by atoms with van der Waals surface area (Å²) in [6.07, 6.45) is -5.44. The molecule has 0 aliphatic heterocycles. The first kappa shape index (κ1) is 13.5. The van der Waals surface area contributed by atoms with Gasteiger partial charge in [0.15, 0.2) is 0 Å². The Morgan fingerprint density at radius 2 is 1.71 bits per heavy atom. The quantitative estimate of drug-likeness (QED) is 0.685. The number of aliphatic hydroxyl groups is 2. The number of benzene rings is 1. The Hall–Kier alpha value is -1.60. The lowest BCUT2D eigenvalue weighted by Gasteiger charge is -2.23. The third-order valence-corrected chi connectivity index (χ3v) is 2.01. The van der Waals surface area contributed by atoms with Crippen molar-refractivity contribution in [2.45, 2.75) is 18.5 Å². The Balaban J connectivity index is 2.62. The van der Waals surface area contributed by atoms with Gasteiger partial charge in [-0.1, -0.05) is 30.3 Å². The first-order chi connectivity index (χ1) is 7.75. The molecule has 0 unspecified atom stereocenters. The fourth-order valence-electron chi connectivity index (χ4n) is 1.03. The standard InChI is InChI=1S/C10H10F3NO3/c11-10(12,13)9(16,17)8(15)14-6-7-4-2-1-3-5-7/h1-5,16-17H,6H2,(H,14,15). The van der Waals surface area contributed by atoms with E-state index in [0.717, 1.165) is 0 Å². The van der Waals surface area contributed by atoms with Gasteiger partial charge in [-0.2, -0.15) is 13.2 Å². The maximum absolute atomic E-state index is 12.0. The molecule has 94 valence electrons. The molecule has 0 radical (unpaired) electrons. The van der Waals surface area contributed by atoms with E-state index in [1.54, 1.807) is 35.6 Å². The summed E-state index contributed by atoms with van der Waals surface area (Å²) in [7, 11) is 0. The zero-order valence-electron chi connectivity index (χ0n) is 8.53. The molecule has 0 fully saturated rings. The highest BCUT2D eigenvalue weighted by molar-refractivity contribution is 5.83. The number of rotatable bonds is 3. The third-order valence-electron chi connectivity index (χ3n) is 2.01. The smallest absolute Gasteiger partial charge is 0.351 e. The molecule has 1 amide bonds. The third kappa shape index (κ3) is 3.18. The van der Waals surface area contributed by atoms with Gasteiger partial charge in [0, 0.05) is 6.54 Å². The van der Waals surface area contributed by atoms with Gasteiger partial charge in [0.1, 0.15) is 0 Å². The van der Waals surface area contributed by atoms with Gasteiger partial charge in [-0.05, 0) is 5.56 Å². The average Bonchev–Trinajstić information content (AvgIpc) is 2.25. The Morgan fingerprint density at radius 3 is 2.18 bits per heavy atom. The molecule has 1 aromatic rings. The van der Waals surface area contributed by atoms with E-state index >= 15 is 0 Å². The molecule has 0 saturated heterocycles. The maximum atomic E-state index is 12.0. The highest BCUT2D eigenvalue weighted by Crippen LogP contribution is 2.28. The van der Waals surface area contributed by atoms with Crippen LogP contribution in [0.5, 0.6) is 0 Å². The molecular weight excluding hydrogens is 239 g/mol. The number of amides is 1. The van der Waals surface area contributed by atoms with Crippen LogP contribution in [0.4, 0.5) is 13.2 Å². The topological polar surface area (TPSA) is 69.6 Å². The number of hydrogen-bond acceptors (Lipinski definition) is 3. The molecule has 1 rings (SSSR count). The fourth-order valence-corrected chi connectivity index (χ4v) is 1.03. The first-order valence-corrected chi connectivity index (χ1v) is 4.59. The predicted octanol–water partition coefficient (Wildman–Crippen LogP) is 0.546. The summed E-state index contributed by atoms with van der Waals surface area (Å²) in [6, 6.07) is 8.12. The van der Waals surface area contributed by atoms with Crippen LogP contribution in [-0.2, 0) is 11.3 Å². The molecule has 7 heteroatoms. The molecule has 0 aliphatic rings.